The number of rotatable bonds is 3. The maximum atomic E-state index is 6.13. The van der Waals surface area contributed by atoms with Crippen molar-refractivity contribution in [3.63, 3.8) is 0 Å². The molecule has 106 valence electrons. The second kappa shape index (κ2) is 6.08. The molecule has 1 heterocycles. The second-order valence-electron chi connectivity index (χ2n) is 6.10. The van der Waals surface area contributed by atoms with E-state index in [1.807, 2.05) is 13.0 Å². The molecule has 0 saturated heterocycles. The van der Waals surface area contributed by atoms with Gasteiger partial charge in [0.25, 0.3) is 0 Å². The Hall–Kier alpha value is -0.830. The molecule has 19 heavy (non-hydrogen) atoms. The lowest BCUT2D eigenvalue weighted by Gasteiger charge is -2.37. The summed E-state index contributed by atoms with van der Waals surface area (Å²) < 4.78 is 6.13. The lowest BCUT2D eigenvalue weighted by atomic mass is 9.75. The van der Waals surface area contributed by atoms with E-state index in [9.17, 15) is 0 Å². The summed E-state index contributed by atoms with van der Waals surface area (Å²) in [7, 11) is 0. The third kappa shape index (κ3) is 3.82. The monoisotopic (exact) mass is 282 g/mol. The van der Waals surface area contributed by atoms with Gasteiger partial charge < -0.3 is 4.74 Å². The number of aryl methyl sites for hydroxylation is 1. The van der Waals surface area contributed by atoms with Crippen molar-refractivity contribution >= 4 is 11.6 Å². The Morgan fingerprint density at radius 3 is 2.68 bits per heavy atom. The van der Waals surface area contributed by atoms with Gasteiger partial charge in [0.15, 0.2) is 0 Å². The predicted molar refractivity (Wildman–Crippen MR) is 77.5 cm³/mol. The molecule has 1 saturated carbocycles. The molecule has 1 fully saturated rings. The van der Waals surface area contributed by atoms with Crippen LogP contribution in [0.4, 0.5) is 0 Å². The van der Waals surface area contributed by atoms with Crippen molar-refractivity contribution in [2.45, 2.75) is 53.1 Å². The van der Waals surface area contributed by atoms with Crippen molar-refractivity contribution in [3.8, 4) is 5.88 Å². The first-order chi connectivity index (χ1) is 8.95. The molecular formula is C15H23ClN2O. The SMILES string of the molecule is Cc1cc(OC2CC(C)CCC2C(C)C)nc(Cl)n1. The first kappa shape index (κ1) is 14.6. The molecule has 0 bridgehead atoms. The Bertz CT molecular complexity index is 416. The Balaban J connectivity index is 2.13. The fourth-order valence-electron chi connectivity index (χ4n) is 2.97. The van der Waals surface area contributed by atoms with Gasteiger partial charge in [0, 0.05) is 11.8 Å². The van der Waals surface area contributed by atoms with E-state index in [0.29, 0.717) is 17.7 Å². The van der Waals surface area contributed by atoms with Crippen LogP contribution in [0.5, 0.6) is 5.88 Å². The predicted octanol–water partition coefficient (Wildman–Crippen LogP) is 4.28. The fraction of sp³-hybridized carbons (Fsp3) is 0.733. The van der Waals surface area contributed by atoms with Crippen molar-refractivity contribution in [2.24, 2.45) is 17.8 Å². The molecule has 3 atom stereocenters. The summed E-state index contributed by atoms with van der Waals surface area (Å²) in [6.45, 7) is 8.75. The summed E-state index contributed by atoms with van der Waals surface area (Å²) in [6, 6.07) is 1.86. The van der Waals surface area contributed by atoms with Crippen LogP contribution in [0.15, 0.2) is 6.07 Å². The maximum Gasteiger partial charge on any atom is 0.225 e. The summed E-state index contributed by atoms with van der Waals surface area (Å²) >= 11 is 5.89. The van der Waals surface area contributed by atoms with Crippen LogP contribution >= 0.6 is 11.6 Å². The maximum absolute atomic E-state index is 6.13. The van der Waals surface area contributed by atoms with Crippen molar-refractivity contribution in [2.75, 3.05) is 0 Å². The van der Waals surface area contributed by atoms with E-state index < -0.39 is 0 Å². The minimum Gasteiger partial charge on any atom is -0.474 e. The third-order valence-electron chi connectivity index (χ3n) is 4.04. The van der Waals surface area contributed by atoms with Crippen LogP contribution in [-0.2, 0) is 0 Å². The Morgan fingerprint density at radius 2 is 2.05 bits per heavy atom. The molecule has 0 N–H and O–H groups in total. The summed E-state index contributed by atoms with van der Waals surface area (Å²) in [6.07, 6.45) is 3.88. The van der Waals surface area contributed by atoms with Gasteiger partial charge in [-0.3, -0.25) is 0 Å². The van der Waals surface area contributed by atoms with E-state index in [1.165, 1.54) is 12.8 Å². The van der Waals surface area contributed by atoms with Crippen molar-refractivity contribution in [1.29, 1.82) is 0 Å². The lowest BCUT2D eigenvalue weighted by molar-refractivity contribution is 0.0425. The normalized spacial score (nSPS) is 27.6. The Kier molecular flexibility index (Phi) is 4.67. The molecule has 1 aromatic rings. The van der Waals surface area contributed by atoms with E-state index in [1.54, 1.807) is 0 Å². The smallest absolute Gasteiger partial charge is 0.225 e. The van der Waals surface area contributed by atoms with Crippen molar-refractivity contribution < 1.29 is 4.74 Å². The molecule has 0 radical (unpaired) electrons. The van der Waals surface area contributed by atoms with E-state index in [0.717, 1.165) is 18.0 Å². The van der Waals surface area contributed by atoms with Gasteiger partial charge in [-0.2, -0.15) is 4.98 Å². The second-order valence-corrected chi connectivity index (χ2v) is 6.44. The molecule has 1 aliphatic carbocycles. The molecule has 4 heteroatoms. The topological polar surface area (TPSA) is 35.0 Å². The third-order valence-corrected chi connectivity index (χ3v) is 4.21. The fourth-order valence-corrected chi connectivity index (χ4v) is 3.19. The largest absolute Gasteiger partial charge is 0.474 e. The zero-order valence-electron chi connectivity index (χ0n) is 12.2. The highest BCUT2D eigenvalue weighted by Crippen LogP contribution is 2.35. The van der Waals surface area contributed by atoms with Crippen LogP contribution in [0.2, 0.25) is 5.28 Å². The van der Waals surface area contributed by atoms with Gasteiger partial charge in [0.2, 0.25) is 11.2 Å². The average molecular weight is 283 g/mol. The molecule has 3 nitrogen and oxygen atoms in total. The molecule has 0 aliphatic heterocycles. The number of hydrogen-bond acceptors (Lipinski definition) is 3. The molecular weight excluding hydrogens is 260 g/mol. The number of hydrogen-bond donors (Lipinski definition) is 0. The summed E-state index contributed by atoms with van der Waals surface area (Å²) in [5.74, 6) is 2.57. The van der Waals surface area contributed by atoms with Gasteiger partial charge in [-0.1, -0.05) is 27.2 Å². The first-order valence-electron chi connectivity index (χ1n) is 7.13. The van der Waals surface area contributed by atoms with Gasteiger partial charge in [0.05, 0.1) is 0 Å². The minimum absolute atomic E-state index is 0.245. The Labute approximate surface area is 120 Å². The summed E-state index contributed by atoms with van der Waals surface area (Å²) in [4.78, 5) is 8.25. The number of ether oxygens (including phenoxy) is 1. The molecule has 2 rings (SSSR count). The minimum atomic E-state index is 0.245. The van der Waals surface area contributed by atoms with Crippen LogP contribution in [0.1, 0.15) is 45.7 Å². The summed E-state index contributed by atoms with van der Waals surface area (Å²) in [5, 5.41) is 0.264. The van der Waals surface area contributed by atoms with Crippen LogP contribution in [0, 0.1) is 24.7 Å². The van der Waals surface area contributed by atoms with Gasteiger partial charge >= 0.3 is 0 Å². The molecule has 3 unspecified atom stereocenters. The number of aromatic nitrogens is 2. The highest BCUT2D eigenvalue weighted by atomic mass is 35.5. The van der Waals surface area contributed by atoms with E-state index in [4.69, 9.17) is 16.3 Å². The zero-order chi connectivity index (χ0) is 14.0. The van der Waals surface area contributed by atoms with Crippen LogP contribution in [-0.4, -0.2) is 16.1 Å². The van der Waals surface area contributed by atoms with Crippen LogP contribution < -0.4 is 4.74 Å². The van der Waals surface area contributed by atoms with Gasteiger partial charge in [0.1, 0.15) is 6.10 Å². The first-order valence-corrected chi connectivity index (χ1v) is 7.51. The van der Waals surface area contributed by atoms with Gasteiger partial charge in [-0.25, -0.2) is 4.98 Å². The molecule has 0 aromatic carbocycles. The van der Waals surface area contributed by atoms with Crippen molar-refractivity contribution in [3.05, 3.63) is 17.0 Å². The van der Waals surface area contributed by atoms with Crippen LogP contribution in [0.3, 0.4) is 0 Å². The quantitative estimate of drug-likeness (QED) is 0.776. The molecule has 0 amide bonds. The van der Waals surface area contributed by atoms with Gasteiger partial charge in [-0.15, -0.1) is 0 Å². The molecule has 1 aliphatic rings. The van der Waals surface area contributed by atoms with E-state index in [2.05, 4.69) is 30.7 Å². The van der Waals surface area contributed by atoms with Gasteiger partial charge in [-0.05, 0) is 49.1 Å². The number of nitrogens with zero attached hydrogens (tertiary/aromatic N) is 2. The van der Waals surface area contributed by atoms with Crippen molar-refractivity contribution in [1.82, 2.24) is 9.97 Å². The molecule has 1 aromatic heterocycles. The highest BCUT2D eigenvalue weighted by Gasteiger charge is 2.32. The lowest BCUT2D eigenvalue weighted by Crippen LogP contribution is -2.36. The molecule has 0 spiro atoms. The average Bonchev–Trinajstić information content (AvgIpc) is 2.26. The summed E-state index contributed by atoms with van der Waals surface area (Å²) in [5.41, 5.74) is 0.847. The van der Waals surface area contributed by atoms with E-state index in [-0.39, 0.29) is 11.4 Å². The zero-order valence-corrected chi connectivity index (χ0v) is 12.9. The van der Waals surface area contributed by atoms with Crippen LogP contribution in [0.25, 0.3) is 0 Å². The Morgan fingerprint density at radius 1 is 1.32 bits per heavy atom. The van der Waals surface area contributed by atoms with E-state index >= 15 is 0 Å². The standard InChI is InChI=1S/C15H23ClN2O/c1-9(2)12-6-5-10(3)7-13(12)19-14-8-11(4)17-15(16)18-14/h8-10,12-13H,5-7H2,1-4H3. The highest BCUT2D eigenvalue weighted by molar-refractivity contribution is 6.28. The number of halogens is 1.